The summed E-state index contributed by atoms with van der Waals surface area (Å²) in [4.78, 5) is 27.7. The monoisotopic (exact) mass is 355 g/mol. The topological polar surface area (TPSA) is 61.4 Å². The van der Waals surface area contributed by atoms with Crippen molar-refractivity contribution in [2.24, 2.45) is 0 Å². The van der Waals surface area contributed by atoms with Crippen LogP contribution in [0.15, 0.2) is 41.8 Å². The Balaban J connectivity index is 1.49. The number of benzene rings is 1. The summed E-state index contributed by atoms with van der Waals surface area (Å²) in [5.41, 5.74) is 2.45. The van der Waals surface area contributed by atoms with Gasteiger partial charge < -0.3 is 5.32 Å². The molecule has 1 fully saturated rings. The third-order valence-corrected chi connectivity index (χ3v) is 5.69. The number of nitrogens with zero attached hydrogens (tertiary/aromatic N) is 1. The van der Waals surface area contributed by atoms with Crippen LogP contribution in [0.5, 0.6) is 0 Å². The normalized spacial score (nSPS) is 19.9. The van der Waals surface area contributed by atoms with Gasteiger partial charge in [0, 0.05) is 17.5 Å². The van der Waals surface area contributed by atoms with E-state index in [1.807, 2.05) is 18.2 Å². The Kier molecular flexibility index (Phi) is 4.55. The summed E-state index contributed by atoms with van der Waals surface area (Å²) in [6.45, 7) is 1.03. The zero-order valence-electron chi connectivity index (χ0n) is 13.9. The highest BCUT2D eigenvalue weighted by Crippen LogP contribution is 2.37. The Hall–Kier alpha value is -2.18. The van der Waals surface area contributed by atoms with E-state index >= 15 is 0 Å². The number of amides is 3. The largest absolute Gasteiger partial charge is 0.335 e. The second-order valence-corrected chi connectivity index (χ2v) is 7.63. The molecule has 1 aromatic carbocycles. The lowest BCUT2D eigenvalue weighted by Gasteiger charge is -2.35. The van der Waals surface area contributed by atoms with Crippen molar-refractivity contribution < 1.29 is 9.59 Å². The highest BCUT2D eigenvalue weighted by molar-refractivity contribution is 7.10. The van der Waals surface area contributed by atoms with Gasteiger partial charge in [-0.3, -0.25) is 15.0 Å². The van der Waals surface area contributed by atoms with Gasteiger partial charge in [0.15, 0.2) is 0 Å². The average molecular weight is 355 g/mol. The first-order chi connectivity index (χ1) is 12.2. The van der Waals surface area contributed by atoms with Crippen molar-refractivity contribution in [3.8, 4) is 0 Å². The molecule has 2 heterocycles. The van der Waals surface area contributed by atoms with E-state index in [2.05, 4.69) is 39.1 Å². The van der Waals surface area contributed by atoms with Crippen molar-refractivity contribution in [3.63, 3.8) is 0 Å². The fraction of sp³-hybridized carbons (Fsp3) is 0.368. The summed E-state index contributed by atoms with van der Waals surface area (Å²) in [5.74, 6) is -0.252. The summed E-state index contributed by atoms with van der Waals surface area (Å²) < 4.78 is 0. The molecule has 1 aromatic heterocycles. The second kappa shape index (κ2) is 6.98. The maximum Gasteiger partial charge on any atom is 0.321 e. The smallest absolute Gasteiger partial charge is 0.321 e. The fourth-order valence-electron chi connectivity index (χ4n) is 3.36. The van der Waals surface area contributed by atoms with Gasteiger partial charge >= 0.3 is 6.03 Å². The zero-order chi connectivity index (χ0) is 17.2. The molecular formula is C19H21N3O2S. The number of hydrogen-bond acceptors (Lipinski definition) is 4. The van der Waals surface area contributed by atoms with Gasteiger partial charge in [-0.15, -0.1) is 11.3 Å². The number of nitrogens with one attached hydrogen (secondary N) is 2. The molecule has 0 bridgehead atoms. The summed E-state index contributed by atoms with van der Waals surface area (Å²) in [5, 5.41) is 7.37. The summed E-state index contributed by atoms with van der Waals surface area (Å²) in [6.07, 6.45) is 2.95. The molecule has 1 atom stereocenters. The Labute approximate surface area is 151 Å². The molecule has 0 spiro atoms. The Bertz CT molecular complexity index is 770. The first-order valence-electron chi connectivity index (χ1n) is 8.66. The highest BCUT2D eigenvalue weighted by atomic mass is 32.1. The van der Waals surface area contributed by atoms with Crippen LogP contribution in [0.4, 0.5) is 4.79 Å². The van der Waals surface area contributed by atoms with Gasteiger partial charge in [-0.2, -0.15) is 0 Å². The number of fused-ring (bicyclic) bond motifs is 1. The van der Waals surface area contributed by atoms with Crippen LogP contribution in [0.25, 0.3) is 0 Å². The first-order valence-corrected chi connectivity index (χ1v) is 9.54. The predicted molar refractivity (Wildman–Crippen MR) is 97.6 cm³/mol. The molecule has 5 nitrogen and oxygen atoms in total. The van der Waals surface area contributed by atoms with Crippen LogP contribution in [0.3, 0.4) is 0 Å². The van der Waals surface area contributed by atoms with Crippen LogP contribution in [-0.4, -0.2) is 36.0 Å². The Morgan fingerprint density at radius 3 is 2.72 bits per heavy atom. The van der Waals surface area contributed by atoms with Gasteiger partial charge in [0.25, 0.3) is 0 Å². The molecule has 2 aromatic rings. The lowest BCUT2D eigenvalue weighted by atomic mass is 9.93. The first kappa shape index (κ1) is 16.3. The third kappa shape index (κ3) is 3.75. The lowest BCUT2D eigenvalue weighted by Crippen LogP contribution is -2.47. The van der Waals surface area contributed by atoms with Crippen molar-refractivity contribution in [1.29, 1.82) is 0 Å². The van der Waals surface area contributed by atoms with Gasteiger partial charge in [0.05, 0.1) is 12.6 Å². The van der Waals surface area contributed by atoms with E-state index < -0.39 is 0 Å². The van der Waals surface area contributed by atoms with Gasteiger partial charge in [-0.1, -0.05) is 30.3 Å². The minimum absolute atomic E-state index is 0.0634. The van der Waals surface area contributed by atoms with E-state index in [0.717, 1.165) is 25.8 Å². The van der Waals surface area contributed by atoms with Crippen LogP contribution < -0.4 is 10.6 Å². The van der Waals surface area contributed by atoms with Crippen LogP contribution >= 0.6 is 11.3 Å². The predicted octanol–water partition coefficient (Wildman–Crippen LogP) is 2.68. The molecule has 25 heavy (non-hydrogen) atoms. The molecule has 1 saturated carbocycles. The van der Waals surface area contributed by atoms with Crippen LogP contribution in [0.2, 0.25) is 0 Å². The zero-order valence-corrected chi connectivity index (χ0v) is 14.7. The number of rotatable bonds is 4. The molecule has 6 heteroatoms. The minimum atomic E-state index is -0.378. The van der Waals surface area contributed by atoms with Crippen molar-refractivity contribution in [1.82, 2.24) is 15.5 Å². The molecule has 3 amide bonds. The number of urea groups is 1. The van der Waals surface area contributed by atoms with Crippen molar-refractivity contribution in [2.45, 2.75) is 31.3 Å². The van der Waals surface area contributed by atoms with Gasteiger partial charge in [-0.05, 0) is 41.8 Å². The van der Waals surface area contributed by atoms with Gasteiger partial charge in [0.2, 0.25) is 5.91 Å². The van der Waals surface area contributed by atoms with Crippen LogP contribution in [0.1, 0.15) is 34.9 Å². The summed E-state index contributed by atoms with van der Waals surface area (Å²) >= 11 is 1.78. The van der Waals surface area contributed by atoms with E-state index in [1.165, 1.54) is 16.0 Å². The van der Waals surface area contributed by atoms with E-state index in [4.69, 9.17) is 0 Å². The van der Waals surface area contributed by atoms with E-state index in [0.29, 0.717) is 0 Å². The number of carbonyl (C=O) groups excluding carboxylic acids is 2. The average Bonchev–Trinajstić information content (AvgIpc) is 3.28. The molecule has 4 rings (SSSR count). The van der Waals surface area contributed by atoms with E-state index in [-0.39, 0.29) is 30.6 Å². The van der Waals surface area contributed by atoms with E-state index in [1.54, 1.807) is 11.3 Å². The summed E-state index contributed by atoms with van der Waals surface area (Å²) in [7, 11) is 0. The standard InChI is InChI=1S/C19H21N3O2S/c23-17(21-19(24)20-14-6-7-14)12-22-10-8-16-15(9-11-25-16)18(22)13-4-2-1-3-5-13/h1-5,9,11,14,18H,6-8,10,12H2,(H2,20,21,23,24). The SMILES string of the molecule is O=C(CN1CCc2sccc2C1c1ccccc1)NC(=O)NC1CC1. The number of hydrogen-bond donors (Lipinski definition) is 2. The van der Waals surface area contributed by atoms with Crippen molar-refractivity contribution in [2.75, 3.05) is 13.1 Å². The molecule has 0 saturated heterocycles. The Morgan fingerprint density at radius 2 is 1.96 bits per heavy atom. The molecular weight excluding hydrogens is 334 g/mol. The van der Waals surface area contributed by atoms with Crippen LogP contribution in [-0.2, 0) is 11.2 Å². The van der Waals surface area contributed by atoms with Gasteiger partial charge in [-0.25, -0.2) is 4.79 Å². The molecule has 0 radical (unpaired) electrons. The number of carbonyl (C=O) groups is 2. The molecule has 1 aliphatic heterocycles. The highest BCUT2D eigenvalue weighted by Gasteiger charge is 2.31. The lowest BCUT2D eigenvalue weighted by molar-refractivity contribution is -0.121. The Morgan fingerprint density at radius 1 is 1.16 bits per heavy atom. The maximum absolute atomic E-state index is 12.3. The quantitative estimate of drug-likeness (QED) is 0.886. The maximum atomic E-state index is 12.3. The number of imide groups is 1. The molecule has 2 N–H and O–H groups in total. The third-order valence-electron chi connectivity index (χ3n) is 4.69. The van der Waals surface area contributed by atoms with E-state index in [9.17, 15) is 9.59 Å². The molecule has 130 valence electrons. The second-order valence-electron chi connectivity index (χ2n) is 6.63. The molecule has 2 aliphatic rings. The van der Waals surface area contributed by atoms with Crippen molar-refractivity contribution in [3.05, 3.63) is 57.8 Å². The number of thiophene rings is 1. The van der Waals surface area contributed by atoms with Crippen molar-refractivity contribution >= 4 is 23.3 Å². The molecule has 1 aliphatic carbocycles. The molecule has 1 unspecified atom stereocenters. The fourth-order valence-corrected chi connectivity index (χ4v) is 4.27. The van der Waals surface area contributed by atoms with Gasteiger partial charge in [0.1, 0.15) is 0 Å². The van der Waals surface area contributed by atoms with Crippen LogP contribution in [0, 0.1) is 0 Å². The summed E-state index contributed by atoms with van der Waals surface area (Å²) in [6, 6.07) is 12.3. The minimum Gasteiger partial charge on any atom is -0.335 e.